The SMILES string of the molecule is COc1ccc(S(=O)(=O)/C=C/Cl)cc1. The van der Waals surface area contributed by atoms with Gasteiger partial charge in [0.1, 0.15) is 5.75 Å². The lowest BCUT2D eigenvalue weighted by atomic mass is 10.3. The molecule has 0 saturated carbocycles. The highest BCUT2D eigenvalue weighted by Gasteiger charge is 2.09. The molecule has 0 fully saturated rings. The summed E-state index contributed by atoms with van der Waals surface area (Å²) in [6.07, 6.45) is 0. The molecule has 0 atom stereocenters. The van der Waals surface area contributed by atoms with E-state index in [2.05, 4.69) is 0 Å². The fourth-order valence-corrected chi connectivity index (χ4v) is 2.13. The largest absolute Gasteiger partial charge is 0.497 e. The van der Waals surface area contributed by atoms with Gasteiger partial charge in [0.25, 0.3) is 0 Å². The number of hydrogen-bond acceptors (Lipinski definition) is 3. The van der Waals surface area contributed by atoms with Crippen molar-refractivity contribution in [2.75, 3.05) is 7.11 Å². The Hall–Kier alpha value is -1.00. The van der Waals surface area contributed by atoms with Gasteiger partial charge in [-0.05, 0) is 24.3 Å². The quantitative estimate of drug-likeness (QED) is 0.802. The van der Waals surface area contributed by atoms with Crippen LogP contribution in [0.3, 0.4) is 0 Å². The van der Waals surface area contributed by atoms with Crippen LogP contribution in [0.2, 0.25) is 0 Å². The monoisotopic (exact) mass is 232 g/mol. The van der Waals surface area contributed by atoms with Crippen LogP contribution in [0.25, 0.3) is 0 Å². The Labute approximate surface area is 87.9 Å². The smallest absolute Gasteiger partial charge is 0.200 e. The molecule has 0 N–H and O–H groups in total. The maximum Gasteiger partial charge on any atom is 0.200 e. The molecule has 3 nitrogen and oxygen atoms in total. The molecular weight excluding hydrogens is 224 g/mol. The molecule has 0 saturated heterocycles. The Kier molecular flexibility index (Phi) is 3.55. The third-order valence-corrected chi connectivity index (χ3v) is 3.32. The number of halogens is 1. The van der Waals surface area contributed by atoms with Crippen LogP contribution in [-0.4, -0.2) is 15.5 Å². The number of ether oxygens (including phenoxy) is 1. The lowest BCUT2D eigenvalue weighted by Crippen LogP contribution is -1.95. The van der Waals surface area contributed by atoms with Crippen LogP contribution >= 0.6 is 11.6 Å². The summed E-state index contributed by atoms with van der Waals surface area (Å²) in [4.78, 5) is 0.190. The normalized spacial score (nSPS) is 11.9. The molecule has 0 radical (unpaired) electrons. The summed E-state index contributed by atoms with van der Waals surface area (Å²) in [7, 11) is -1.89. The molecule has 0 bridgehead atoms. The van der Waals surface area contributed by atoms with Crippen molar-refractivity contribution in [2.45, 2.75) is 4.90 Å². The summed E-state index contributed by atoms with van der Waals surface area (Å²) in [5.41, 5.74) is 0.972. The van der Waals surface area contributed by atoms with Crippen LogP contribution in [0.15, 0.2) is 40.1 Å². The van der Waals surface area contributed by atoms with Crippen LogP contribution < -0.4 is 4.74 Å². The summed E-state index contributed by atoms with van der Waals surface area (Å²) < 4.78 is 27.7. The zero-order valence-corrected chi connectivity index (χ0v) is 9.05. The molecule has 0 aliphatic heterocycles. The zero-order chi connectivity index (χ0) is 10.6. The second-order valence-electron chi connectivity index (χ2n) is 2.48. The van der Waals surface area contributed by atoms with Crippen molar-refractivity contribution in [3.05, 3.63) is 35.2 Å². The van der Waals surface area contributed by atoms with Crippen molar-refractivity contribution in [1.82, 2.24) is 0 Å². The van der Waals surface area contributed by atoms with E-state index in [9.17, 15) is 8.42 Å². The Morgan fingerprint density at radius 3 is 2.29 bits per heavy atom. The molecular formula is C9H9ClO3S. The maximum atomic E-state index is 11.4. The fourth-order valence-electron chi connectivity index (χ4n) is 0.912. The predicted molar refractivity (Wildman–Crippen MR) is 55.2 cm³/mol. The van der Waals surface area contributed by atoms with E-state index in [0.717, 1.165) is 10.9 Å². The highest BCUT2D eigenvalue weighted by molar-refractivity contribution is 7.94. The summed E-state index contributed by atoms with van der Waals surface area (Å²) in [5.74, 6) is 0.610. The molecule has 1 rings (SSSR count). The molecule has 0 spiro atoms. The minimum Gasteiger partial charge on any atom is -0.497 e. The predicted octanol–water partition coefficient (Wildman–Crippen LogP) is 2.18. The van der Waals surface area contributed by atoms with E-state index in [1.807, 2.05) is 0 Å². The van der Waals surface area contributed by atoms with Crippen LogP contribution in [0.1, 0.15) is 0 Å². The van der Waals surface area contributed by atoms with E-state index in [1.165, 1.54) is 19.2 Å². The van der Waals surface area contributed by atoms with Gasteiger partial charge in [-0.1, -0.05) is 11.6 Å². The maximum absolute atomic E-state index is 11.4. The van der Waals surface area contributed by atoms with E-state index in [1.54, 1.807) is 12.1 Å². The highest BCUT2D eigenvalue weighted by Crippen LogP contribution is 2.17. The number of benzene rings is 1. The van der Waals surface area contributed by atoms with E-state index in [0.29, 0.717) is 5.75 Å². The van der Waals surface area contributed by atoms with Gasteiger partial charge in [0.2, 0.25) is 9.84 Å². The molecule has 0 aromatic heterocycles. The van der Waals surface area contributed by atoms with Gasteiger partial charge < -0.3 is 4.74 Å². The minimum atomic E-state index is -3.40. The van der Waals surface area contributed by atoms with Crippen LogP contribution in [-0.2, 0) is 9.84 Å². The average Bonchev–Trinajstić information content (AvgIpc) is 2.18. The third-order valence-electron chi connectivity index (χ3n) is 1.62. The Morgan fingerprint density at radius 1 is 1.29 bits per heavy atom. The lowest BCUT2D eigenvalue weighted by Gasteiger charge is -2.01. The van der Waals surface area contributed by atoms with Gasteiger partial charge in [-0.3, -0.25) is 0 Å². The minimum absolute atomic E-state index is 0.190. The molecule has 5 heteroatoms. The highest BCUT2D eigenvalue weighted by atomic mass is 35.5. The van der Waals surface area contributed by atoms with E-state index in [-0.39, 0.29) is 4.90 Å². The van der Waals surface area contributed by atoms with Crippen molar-refractivity contribution in [2.24, 2.45) is 0 Å². The van der Waals surface area contributed by atoms with E-state index < -0.39 is 9.84 Å². The number of sulfone groups is 1. The summed E-state index contributed by atoms with van der Waals surface area (Å²) in [5, 5.41) is 0.941. The van der Waals surface area contributed by atoms with Crippen LogP contribution in [0.5, 0.6) is 5.75 Å². The first-order chi connectivity index (χ1) is 6.60. The summed E-state index contributed by atoms with van der Waals surface area (Å²) in [6, 6.07) is 6.08. The summed E-state index contributed by atoms with van der Waals surface area (Å²) >= 11 is 5.21. The van der Waals surface area contributed by atoms with E-state index in [4.69, 9.17) is 16.3 Å². The lowest BCUT2D eigenvalue weighted by molar-refractivity contribution is 0.414. The van der Waals surface area contributed by atoms with Crippen molar-refractivity contribution >= 4 is 21.4 Å². The van der Waals surface area contributed by atoms with Gasteiger partial charge >= 0.3 is 0 Å². The van der Waals surface area contributed by atoms with Gasteiger partial charge in [0, 0.05) is 10.9 Å². The third kappa shape index (κ3) is 2.49. The van der Waals surface area contributed by atoms with Crippen LogP contribution in [0, 0.1) is 0 Å². The van der Waals surface area contributed by atoms with Crippen molar-refractivity contribution in [1.29, 1.82) is 0 Å². The Morgan fingerprint density at radius 2 is 1.86 bits per heavy atom. The van der Waals surface area contributed by atoms with Gasteiger partial charge in [-0.25, -0.2) is 8.42 Å². The number of methoxy groups -OCH3 is 1. The molecule has 14 heavy (non-hydrogen) atoms. The number of rotatable bonds is 3. The molecule has 1 aromatic carbocycles. The zero-order valence-electron chi connectivity index (χ0n) is 7.48. The Balaban J connectivity index is 3.09. The first kappa shape index (κ1) is 11.1. The summed E-state index contributed by atoms with van der Waals surface area (Å²) in [6.45, 7) is 0. The molecule has 0 unspecified atom stereocenters. The second-order valence-corrected chi connectivity index (χ2v) is 4.57. The average molecular weight is 233 g/mol. The van der Waals surface area contributed by atoms with Gasteiger partial charge in [-0.2, -0.15) is 0 Å². The van der Waals surface area contributed by atoms with Gasteiger partial charge in [0.15, 0.2) is 0 Å². The standard InChI is InChI=1S/C9H9ClO3S/c1-13-8-2-4-9(5-3-8)14(11,12)7-6-10/h2-7H,1H3/b7-6+. The van der Waals surface area contributed by atoms with Gasteiger partial charge in [0.05, 0.1) is 12.0 Å². The molecule has 76 valence electrons. The van der Waals surface area contributed by atoms with Crippen molar-refractivity contribution in [3.63, 3.8) is 0 Å². The molecule has 1 aromatic rings. The van der Waals surface area contributed by atoms with Crippen molar-refractivity contribution < 1.29 is 13.2 Å². The molecule has 0 amide bonds. The molecule has 0 heterocycles. The second kappa shape index (κ2) is 4.48. The van der Waals surface area contributed by atoms with Gasteiger partial charge in [-0.15, -0.1) is 0 Å². The Bertz CT molecular complexity index is 420. The molecule has 0 aliphatic carbocycles. The van der Waals surface area contributed by atoms with E-state index >= 15 is 0 Å². The molecule has 0 aliphatic rings. The number of hydrogen-bond donors (Lipinski definition) is 0. The topological polar surface area (TPSA) is 43.4 Å². The first-order valence-corrected chi connectivity index (χ1v) is 5.74. The van der Waals surface area contributed by atoms with Crippen LogP contribution in [0.4, 0.5) is 0 Å². The fraction of sp³-hybridized carbons (Fsp3) is 0.111. The van der Waals surface area contributed by atoms with Crippen molar-refractivity contribution in [3.8, 4) is 5.75 Å². The first-order valence-electron chi connectivity index (χ1n) is 3.76.